The van der Waals surface area contributed by atoms with Gasteiger partial charge in [-0.25, -0.2) is 4.79 Å². The van der Waals surface area contributed by atoms with Crippen molar-refractivity contribution in [3.63, 3.8) is 0 Å². The molecule has 0 amide bonds. The zero-order valence-corrected chi connectivity index (χ0v) is 12.8. The summed E-state index contributed by atoms with van der Waals surface area (Å²) in [6, 6.07) is 5.62. The van der Waals surface area contributed by atoms with E-state index >= 15 is 0 Å². The molecule has 0 saturated heterocycles. The van der Waals surface area contributed by atoms with Crippen molar-refractivity contribution in [1.29, 1.82) is 0 Å². The lowest BCUT2D eigenvalue weighted by molar-refractivity contribution is 0.00694. The van der Waals surface area contributed by atoms with Crippen LogP contribution in [0.5, 0.6) is 0 Å². The first kappa shape index (κ1) is 14.4. The number of benzene rings is 1. The fraction of sp³-hybridized carbons (Fsp3) is 0.462. The number of esters is 1. The van der Waals surface area contributed by atoms with E-state index in [1.807, 2.05) is 40.0 Å². The van der Waals surface area contributed by atoms with Crippen LogP contribution in [0.25, 0.3) is 0 Å². The van der Waals surface area contributed by atoms with E-state index in [1.54, 1.807) is 6.07 Å². The summed E-state index contributed by atoms with van der Waals surface area (Å²) >= 11 is 2.26. The molecule has 17 heavy (non-hydrogen) atoms. The average molecular weight is 347 g/mol. The molecule has 0 saturated carbocycles. The summed E-state index contributed by atoms with van der Waals surface area (Å²) in [5.41, 5.74) is 1.26. The normalized spacial score (nSPS) is 11.4. The minimum Gasteiger partial charge on any atom is -0.456 e. The second-order valence-corrected chi connectivity index (χ2v) is 6.00. The summed E-state index contributed by atoms with van der Waals surface area (Å²) < 4.78 is 6.48. The summed E-state index contributed by atoms with van der Waals surface area (Å²) in [4.78, 5) is 11.9. The highest BCUT2D eigenvalue weighted by molar-refractivity contribution is 14.1. The molecule has 0 aliphatic carbocycles. The third-order valence-electron chi connectivity index (χ3n) is 2.05. The first-order valence-electron chi connectivity index (χ1n) is 5.50. The van der Waals surface area contributed by atoms with Crippen LogP contribution >= 0.6 is 22.6 Å². The SMILES string of the molecule is CNCc1cc(C(=O)OC(C)(C)C)ccc1I. The second kappa shape index (κ2) is 5.82. The van der Waals surface area contributed by atoms with Gasteiger partial charge in [-0.05, 0) is 74.2 Å². The van der Waals surface area contributed by atoms with Crippen molar-refractivity contribution in [1.82, 2.24) is 5.32 Å². The van der Waals surface area contributed by atoms with Gasteiger partial charge in [0.2, 0.25) is 0 Å². The van der Waals surface area contributed by atoms with Gasteiger partial charge < -0.3 is 10.1 Å². The quantitative estimate of drug-likeness (QED) is 0.675. The minimum atomic E-state index is -0.455. The summed E-state index contributed by atoms with van der Waals surface area (Å²) in [6.07, 6.45) is 0. The number of nitrogens with one attached hydrogen (secondary N) is 1. The third-order valence-corrected chi connectivity index (χ3v) is 3.10. The lowest BCUT2D eigenvalue weighted by Gasteiger charge is -2.19. The molecule has 0 aromatic heterocycles. The predicted octanol–water partition coefficient (Wildman–Crippen LogP) is 2.97. The van der Waals surface area contributed by atoms with Crippen LogP contribution in [0.1, 0.15) is 36.7 Å². The summed E-state index contributed by atoms with van der Waals surface area (Å²) in [6.45, 7) is 6.35. The van der Waals surface area contributed by atoms with Crippen molar-refractivity contribution >= 4 is 28.6 Å². The van der Waals surface area contributed by atoms with E-state index in [0.717, 1.165) is 15.7 Å². The van der Waals surface area contributed by atoms with Gasteiger partial charge in [-0.3, -0.25) is 0 Å². The Hall–Kier alpha value is -0.620. The Labute approximate surface area is 116 Å². The van der Waals surface area contributed by atoms with Gasteiger partial charge in [0.25, 0.3) is 0 Å². The van der Waals surface area contributed by atoms with Gasteiger partial charge in [0.1, 0.15) is 5.60 Å². The lowest BCUT2D eigenvalue weighted by Crippen LogP contribution is -2.24. The minimum absolute atomic E-state index is 0.272. The summed E-state index contributed by atoms with van der Waals surface area (Å²) in [5, 5.41) is 3.08. The highest BCUT2D eigenvalue weighted by Gasteiger charge is 2.18. The highest BCUT2D eigenvalue weighted by Crippen LogP contribution is 2.17. The molecule has 0 fully saturated rings. The van der Waals surface area contributed by atoms with Crippen LogP contribution in [0.2, 0.25) is 0 Å². The molecule has 0 aliphatic heterocycles. The van der Waals surface area contributed by atoms with E-state index in [9.17, 15) is 4.79 Å². The molecule has 1 N–H and O–H groups in total. The molecule has 1 rings (SSSR count). The van der Waals surface area contributed by atoms with Gasteiger partial charge in [0.15, 0.2) is 0 Å². The van der Waals surface area contributed by atoms with Crippen molar-refractivity contribution in [3.05, 3.63) is 32.9 Å². The molecule has 3 nitrogen and oxygen atoms in total. The molecule has 0 spiro atoms. The van der Waals surface area contributed by atoms with Crippen molar-refractivity contribution in [2.75, 3.05) is 7.05 Å². The van der Waals surface area contributed by atoms with Crippen LogP contribution in [0.3, 0.4) is 0 Å². The van der Waals surface area contributed by atoms with Gasteiger partial charge in [0, 0.05) is 10.1 Å². The van der Waals surface area contributed by atoms with Gasteiger partial charge in [-0.1, -0.05) is 0 Å². The van der Waals surface area contributed by atoms with Crippen LogP contribution < -0.4 is 5.32 Å². The van der Waals surface area contributed by atoms with Gasteiger partial charge in [-0.15, -0.1) is 0 Å². The zero-order valence-electron chi connectivity index (χ0n) is 10.6. The van der Waals surface area contributed by atoms with E-state index in [4.69, 9.17) is 4.74 Å². The van der Waals surface area contributed by atoms with Gasteiger partial charge in [0.05, 0.1) is 5.56 Å². The molecule has 0 atom stereocenters. The lowest BCUT2D eigenvalue weighted by atomic mass is 10.1. The molecular formula is C13H18INO2. The molecule has 0 bridgehead atoms. The molecule has 0 heterocycles. The first-order chi connectivity index (χ1) is 7.83. The van der Waals surface area contributed by atoms with Crippen LogP contribution in [0, 0.1) is 3.57 Å². The number of rotatable bonds is 3. The van der Waals surface area contributed by atoms with Crippen LogP contribution in [0.15, 0.2) is 18.2 Å². The molecule has 0 radical (unpaired) electrons. The number of carbonyl (C=O) groups is 1. The Morgan fingerprint density at radius 1 is 1.41 bits per heavy atom. The number of halogens is 1. The van der Waals surface area contributed by atoms with Crippen molar-refractivity contribution in [2.45, 2.75) is 32.9 Å². The monoisotopic (exact) mass is 347 g/mol. The molecule has 1 aromatic rings. The van der Waals surface area contributed by atoms with E-state index in [1.165, 1.54) is 0 Å². The molecular weight excluding hydrogens is 329 g/mol. The Kier molecular flexibility index (Phi) is 4.94. The van der Waals surface area contributed by atoms with Crippen LogP contribution in [0.4, 0.5) is 0 Å². The van der Waals surface area contributed by atoms with E-state index in [-0.39, 0.29) is 5.97 Å². The Bertz CT molecular complexity index is 410. The van der Waals surface area contributed by atoms with Crippen molar-refractivity contribution in [3.8, 4) is 0 Å². The number of hydrogen-bond donors (Lipinski definition) is 1. The molecule has 1 aromatic carbocycles. The Morgan fingerprint density at radius 3 is 2.59 bits per heavy atom. The summed E-state index contributed by atoms with van der Waals surface area (Å²) in [7, 11) is 1.89. The second-order valence-electron chi connectivity index (χ2n) is 4.84. The fourth-order valence-corrected chi connectivity index (χ4v) is 1.89. The maximum absolute atomic E-state index is 11.9. The number of hydrogen-bond acceptors (Lipinski definition) is 3. The van der Waals surface area contributed by atoms with Gasteiger partial charge in [-0.2, -0.15) is 0 Å². The zero-order chi connectivity index (χ0) is 13.1. The van der Waals surface area contributed by atoms with E-state index < -0.39 is 5.60 Å². The Morgan fingerprint density at radius 2 is 2.06 bits per heavy atom. The van der Waals surface area contributed by atoms with Crippen molar-refractivity contribution in [2.24, 2.45) is 0 Å². The van der Waals surface area contributed by atoms with Crippen LogP contribution in [-0.4, -0.2) is 18.6 Å². The maximum atomic E-state index is 11.9. The molecule has 0 aliphatic rings. The smallest absolute Gasteiger partial charge is 0.338 e. The first-order valence-corrected chi connectivity index (χ1v) is 6.58. The fourth-order valence-electron chi connectivity index (χ4n) is 1.36. The largest absolute Gasteiger partial charge is 0.456 e. The highest BCUT2D eigenvalue weighted by atomic mass is 127. The topological polar surface area (TPSA) is 38.3 Å². The van der Waals surface area contributed by atoms with Crippen LogP contribution in [-0.2, 0) is 11.3 Å². The Balaban J connectivity index is 2.91. The molecule has 4 heteroatoms. The van der Waals surface area contributed by atoms with Gasteiger partial charge >= 0.3 is 5.97 Å². The molecule has 0 unspecified atom stereocenters. The standard InChI is InChI=1S/C13H18INO2/c1-13(2,3)17-12(16)9-5-6-11(14)10(7-9)8-15-4/h5-7,15H,8H2,1-4H3. The van der Waals surface area contributed by atoms with E-state index in [2.05, 4.69) is 27.9 Å². The maximum Gasteiger partial charge on any atom is 0.338 e. The number of ether oxygens (including phenoxy) is 1. The molecule has 94 valence electrons. The van der Waals surface area contributed by atoms with Crippen molar-refractivity contribution < 1.29 is 9.53 Å². The predicted molar refractivity (Wildman–Crippen MR) is 77.1 cm³/mol. The third kappa shape index (κ3) is 4.63. The summed E-state index contributed by atoms with van der Waals surface area (Å²) in [5.74, 6) is -0.272. The average Bonchev–Trinajstić information content (AvgIpc) is 2.19. The number of carbonyl (C=O) groups excluding carboxylic acids is 1. The van der Waals surface area contributed by atoms with E-state index in [0.29, 0.717) is 5.56 Å².